The third-order valence-electron chi connectivity index (χ3n) is 1.90. The molecular weight excluding hydrogens is 280 g/mol. The van der Waals surface area contributed by atoms with Crippen molar-refractivity contribution >= 4 is 33.3 Å². The molecule has 96 valence electrons. The third kappa shape index (κ3) is 3.91. The quantitative estimate of drug-likeness (QED) is 0.838. The van der Waals surface area contributed by atoms with Gasteiger partial charge in [0, 0.05) is 5.02 Å². The molecule has 18 heavy (non-hydrogen) atoms. The van der Waals surface area contributed by atoms with E-state index in [1.54, 1.807) is 0 Å². The van der Waals surface area contributed by atoms with Gasteiger partial charge in [-0.25, -0.2) is 8.42 Å². The molecular formula is C10H9ClN2O4S. The zero-order chi connectivity index (χ0) is 13.8. The number of hydrogen-bond donors (Lipinski definition) is 1. The van der Waals surface area contributed by atoms with E-state index in [9.17, 15) is 13.2 Å². The van der Waals surface area contributed by atoms with E-state index in [2.05, 4.69) is 9.46 Å². The summed E-state index contributed by atoms with van der Waals surface area (Å²) >= 11 is 5.70. The van der Waals surface area contributed by atoms with E-state index in [0.717, 1.165) is 7.11 Å². The molecule has 0 bridgehead atoms. The van der Waals surface area contributed by atoms with Crippen molar-refractivity contribution in [1.82, 2.24) is 0 Å². The van der Waals surface area contributed by atoms with Crippen LogP contribution in [0.4, 0.5) is 5.69 Å². The number of hydrogen-bond acceptors (Lipinski definition) is 5. The maximum atomic E-state index is 11.6. The predicted molar refractivity (Wildman–Crippen MR) is 65.6 cm³/mol. The summed E-state index contributed by atoms with van der Waals surface area (Å²) in [4.78, 5) is 10.9. The number of nitriles is 1. The fraction of sp³-hybridized carbons (Fsp3) is 0.200. The van der Waals surface area contributed by atoms with E-state index in [1.807, 2.05) is 6.07 Å². The molecule has 1 rings (SSSR count). The lowest BCUT2D eigenvalue weighted by molar-refractivity contribution is -0.137. The van der Waals surface area contributed by atoms with Crippen molar-refractivity contribution in [2.45, 2.75) is 0 Å². The van der Waals surface area contributed by atoms with Crippen LogP contribution in [0.15, 0.2) is 18.2 Å². The Balaban J connectivity index is 3.01. The van der Waals surface area contributed by atoms with Gasteiger partial charge in [-0.1, -0.05) is 11.6 Å². The van der Waals surface area contributed by atoms with Crippen LogP contribution in [0, 0.1) is 11.3 Å². The van der Waals surface area contributed by atoms with Crippen molar-refractivity contribution in [3.63, 3.8) is 0 Å². The largest absolute Gasteiger partial charge is 0.468 e. The highest BCUT2D eigenvalue weighted by Crippen LogP contribution is 2.21. The number of benzene rings is 1. The molecule has 0 heterocycles. The van der Waals surface area contributed by atoms with E-state index < -0.39 is 21.7 Å². The lowest BCUT2D eigenvalue weighted by Gasteiger charge is -2.08. The molecule has 0 aliphatic carbocycles. The van der Waals surface area contributed by atoms with Gasteiger partial charge in [0.25, 0.3) is 0 Å². The first-order valence-corrected chi connectivity index (χ1v) is 6.68. The summed E-state index contributed by atoms with van der Waals surface area (Å²) in [5, 5.41) is 9.08. The number of ether oxygens (including phenoxy) is 1. The molecule has 0 aliphatic heterocycles. The van der Waals surface area contributed by atoms with Crippen molar-refractivity contribution in [1.29, 1.82) is 5.26 Å². The number of anilines is 1. The Morgan fingerprint density at radius 3 is 2.78 bits per heavy atom. The van der Waals surface area contributed by atoms with Crippen molar-refractivity contribution in [2.24, 2.45) is 0 Å². The molecule has 0 saturated heterocycles. The summed E-state index contributed by atoms with van der Waals surface area (Å²) in [6.45, 7) is 0. The number of rotatable bonds is 4. The molecule has 0 fully saturated rings. The summed E-state index contributed by atoms with van der Waals surface area (Å²) in [5.41, 5.74) is 0.127. The molecule has 1 aromatic carbocycles. The zero-order valence-corrected chi connectivity index (χ0v) is 10.9. The van der Waals surface area contributed by atoms with Gasteiger partial charge in [-0.15, -0.1) is 0 Å². The minimum Gasteiger partial charge on any atom is -0.468 e. The molecule has 0 amide bonds. The van der Waals surface area contributed by atoms with Gasteiger partial charge in [-0.3, -0.25) is 9.52 Å². The molecule has 0 spiro atoms. The molecule has 6 nitrogen and oxygen atoms in total. The predicted octanol–water partition coefficient (Wildman–Crippen LogP) is 1.13. The fourth-order valence-corrected chi connectivity index (χ4v) is 2.29. The summed E-state index contributed by atoms with van der Waals surface area (Å²) in [6.07, 6.45) is 0. The first-order valence-electron chi connectivity index (χ1n) is 4.65. The SMILES string of the molecule is COC(=O)CS(=O)(=O)Nc1cc(Cl)ccc1C#N. The Bertz CT molecular complexity index is 607. The number of carbonyl (C=O) groups excluding carboxylic acids is 1. The minimum atomic E-state index is -3.93. The standard InChI is InChI=1S/C10H9ClN2O4S/c1-17-10(14)6-18(15,16)13-9-4-8(11)3-2-7(9)5-12/h2-4,13H,6H2,1H3. The Hall–Kier alpha value is -1.78. The molecule has 1 N–H and O–H groups in total. The second-order valence-corrected chi connectivity index (χ2v) is 5.40. The van der Waals surface area contributed by atoms with Crippen molar-refractivity contribution < 1.29 is 17.9 Å². The van der Waals surface area contributed by atoms with Crippen LogP contribution >= 0.6 is 11.6 Å². The van der Waals surface area contributed by atoms with Crippen molar-refractivity contribution in [2.75, 3.05) is 17.6 Å². The normalized spacial score (nSPS) is 10.5. The Labute approximate surface area is 109 Å². The Kier molecular flexibility index (Phi) is 4.53. The number of esters is 1. The number of methoxy groups -OCH3 is 1. The Morgan fingerprint density at radius 1 is 1.56 bits per heavy atom. The fourth-order valence-electron chi connectivity index (χ4n) is 1.12. The van der Waals surface area contributed by atoms with E-state index in [0.29, 0.717) is 0 Å². The average molecular weight is 289 g/mol. The van der Waals surface area contributed by atoms with Gasteiger partial charge < -0.3 is 4.74 Å². The van der Waals surface area contributed by atoms with Gasteiger partial charge in [0.2, 0.25) is 10.0 Å². The smallest absolute Gasteiger partial charge is 0.322 e. The maximum absolute atomic E-state index is 11.6. The van der Waals surface area contributed by atoms with Crippen LogP contribution in [0.1, 0.15) is 5.56 Å². The monoisotopic (exact) mass is 288 g/mol. The van der Waals surface area contributed by atoms with Crippen LogP contribution in [0.3, 0.4) is 0 Å². The van der Waals surface area contributed by atoms with Gasteiger partial charge in [0.05, 0.1) is 18.4 Å². The van der Waals surface area contributed by atoms with Gasteiger partial charge in [0.1, 0.15) is 6.07 Å². The van der Waals surface area contributed by atoms with Gasteiger partial charge in [0.15, 0.2) is 5.75 Å². The van der Waals surface area contributed by atoms with Crippen LogP contribution in [-0.4, -0.2) is 27.2 Å². The molecule has 0 aromatic heterocycles. The van der Waals surface area contributed by atoms with E-state index in [1.165, 1.54) is 18.2 Å². The summed E-state index contributed by atoms with van der Waals surface area (Å²) < 4.78 is 29.5. The summed E-state index contributed by atoms with van der Waals surface area (Å²) in [6, 6.07) is 5.93. The van der Waals surface area contributed by atoms with Gasteiger partial charge in [-0.2, -0.15) is 5.26 Å². The molecule has 0 atom stereocenters. The number of carbonyl (C=O) groups is 1. The molecule has 0 saturated carbocycles. The third-order valence-corrected chi connectivity index (χ3v) is 3.28. The van der Waals surface area contributed by atoms with Crippen LogP contribution in [-0.2, 0) is 19.6 Å². The highest BCUT2D eigenvalue weighted by molar-refractivity contribution is 7.93. The lowest BCUT2D eigenvalue weighted by Crippen LogP contribution is -2.24. The number of nitrogens with one attached hydrogen (secondary N) is 1. The van der Waals surface area contributed by atoms with Gasteiger partial charge in [-0.05, 0) is 18.2 Å². The highest BCUT2D eigenvalue weighted by atomic mass is 35.5. The number of sulfonamides is 1. The Morgan fingerprint density at radius 2 is 2.22 bits per heavy atom. The second-order valence-electron chi connectivity index (χ2n) is 3.24. The lowest BCUT2D eigenvalue weighted by atomic mass is 10.2. The molecule has 1 aromatic rings. The zero-order valence-electron chi connectivity index (χ0n) is 9.31. The molecule has 0 radical (unpaired) electrons. The van der Waals surface area contributed by atoms with Crippen LogP contribution in [0.5, 0.6) is 0 Å². The van der Waals surface area contributed by atoms with E-state index in [-0.39, 0.29) is 16.3 Å². The first-order chi connectivity index (χ1) is 8.38. The van der Waals surface area contributed by atoms with Gasteiger partial charge >= 0.3 is 5.97 Å². The van der Waals surface area contributed by atoms with E-state index >= 15 is 0 Å². The van der Waals surface area contributed by atoms with Crippen LogP contribution in [0.25, 0.3) is 0 Å². The maximum Gasteiger partial charge on any atom is 0.322 e. The topological polar surface area (TPSA) is 96.3 Å². The van der Waals surface area contributed by atoms with Crippen molar-refractivity contribution in [3.05, 3.63) is 28.8 Å². The average Bonchev–Trinajstić information content (AvgIpc) is 2.28. The molecule has 0 unspecified atom stereocenters. The highest BCUT2D eigenvalue weighted by Gasteiger charge is 2.18. The second kappa shape index (κ2) is 5.71. The van der Waals surface area contributed by atoms with Crippen molar-refractivity contribution in [3.8, 4) is 6.07 Å². The number of halogens is 1. The van der Waals surface area contributed by atoms with Crippen LogP contribution < -0.4 is 4.72 Å². The van der Waals surface area contributed by atoms with E-state index in [4.69, 9.17) is 16.9 Å². The number of nitrogens with zero attached hydrogens (tertiary/aromatic N) is 1. The molecule has 0 aliphatic rings. The summed E-state index contributed by atoms with van der Waals surface area (Å²) in [5.74, 6) is -1.73. The van der Waals surface area contributed by atoms with Crippen LogP contribution in [0.2, 0.25) is 5.02 Å². The first kappa shape index (κ1) is 14.3. The minimum absolute atomic E-state index is 0.0221. The summed E-state index contributed by atoms with van der Waals surface area (Å²) in [7, 11) is -2.85. The molecule has 8 heteroatoms.